The summed E-state index contributed by atoms with van der Waals surface area (Å²) in [7, 11) is 1.47. The molecule has 0 spiro atoms. The normalized spacial score (nSPS) is 25.8. The van der Waals surface area contributed by atoms with Gasteiger partial charge in [-0.15, -0.1) is 6.58 Å². The van der Waals surface area contributed by atoms with Gasteiger partial charge in [-0.1, -0.05) is 56.0 Å². The standard InChI is InChI=1S/C39H51F2IN4O7/c1-9-12-13-25-26-16-22(26)17-29(25)53-37(49)45-33(38(6,7)42)35(47)46-19-30(24(10-2)31(46)36(48)51-20-21(4)5)52-34-32(39(40,41)11-3)43-27-15-14-23(50-8)18-28(27)44-34/h9,11,14-15,18,21-22,24-26,29-31,33H,1,3,10,12-13,16-17,19-20H2,2,4-8H3,(H,45,49)/t22-,24+,25+,26?,29+,30-,31-,33+/m0/s1. The molecule has 2 aliphatic carbocycles. The minimum atomic E-state index is -3.62. The Kier molecular flexibility index (Phi) is 12.6. The van der Waals surface area contributed by atoms with Crippen LogP contribution in [0.15, 0.2) is 43.5 Å². The molecule has 14 heteroatoms. The fourth-order valence-corrected chi connectivity index (χ4v) is 8.10. The molecule has 1 aliphatic heterocycles. The van der Waals surface area contributed by atoms with Crippen molar-refractivity contribution in [1.29, 1.82) is 0 Å². The number of benzene rings is 1. The number of alkyl halides is 3. The van der Waals surface area contributed by atoms with Gasteiger partial charge in [0.25, 0.3) is 0 Å². The molecule has 1 N–H and O–H groups in total. The van der Waals surface area contributed by atoms with Crippen LogP contribution in [0.5, 0.6) is 11.6 Å². The predicted molar refractivity (Wildman–Crippen MR) is 204 cm³/mol. The minimum Gasteiger partial charge on any atom is -0.497 e. The van der Waals surface area contributed by atoms with Crippen molar-refractivity contribution in [2.75, 3.05) is 20.3 Å². The van der Waals surface area contributed by atoms with Crippen LogP contribution in [0.1, 0.15) is 72.4 Å². The van der Waals surface area contributed by atoms with Crippen molar-refractivity contribution in [3.63, 3.8) is 0 Å². The van der Waals surface area contributed by atoms with Crippen LogP contribution in [0.3, 0.4) is 0 Å². The van der Waals surface area contributed by atoms with E-state index in [1.165, 1.54) is 18.1 Å². The lowest BCUT2D eigenvalue weighted by atomic mass is 9.94. The van der Waals surface area contributed by atoms with Crippen molar-refractivity contribution in [1.82, 2.24) is 20.2 Å². The molecule has 8 atom stereocenters. The van der Waals surface area contributed by atoms with Crippen molar-refractivity contribution in [3.8, 4) is 11.6 Å². The van der Waals surface area contributed by atoms with E-state index in [9.17, 15) is 14.4 Å². The van der Waals surface area contributed by atoms with E-state index in [0.29, 0.717) is 30.1 Å². The third-order valence-corrected chi connectivity index (χ3v) is 11.1. The van der Waals surface area contributed by atoms with Crippen molar-refractivity contribution < 1.29 is 42.1 Å². The topological polar surface area (TPSA) is 129 Å². The second-order valence-corrected chi connectivity index (χ2v) is 18.0. The van der Waals surface area contributed by atoms with Crippen LogP contribution in [-0.2, 0) is 25.0 Å². The van der Waals surface area contributed by atoms with E-state index in [1.54, 1.807) is 26.0 Å². The first-order valence-electron chi connectivity index (χ1n) is 18.3. The number of carbonyl (C=O) groups is 3. The summed E-state index contributed by atoms with van der Waals surface area (Å²) in [5.74, 6) is -4.20. The van der Waals surface area contributed by atoms with E-state index in [4.69, 9.17) is 18.9 Å². The number of nitrogens with one attached hydrogen (secondary N) is 1. The zero-order valence-corrected chi connectivity index (χ0v) is 33.4. The monoisotopic (exact) mass is 852 g/mol. The van der Waals surface area contributed by atoms with Crippen molar-refractivity contribution in [2.24, 2.45) is 29.6 Å². The summed E-state index contributed by atoms with van der Waals surface area (Å²) >= 11 is 2.09. The highest BCUT2D eigenvalue weighted by Crippen LogP contribution is 2.57. The van der Waals surface area contributed by atoms with Crippen LogP contribution in [0.2, 0.25) is 0 Å². The van der Waals surface area contributed by atoms with E-state index < -0.39 is 63.0 Å². The van der Waals surface area contributed by atoms with Gasteiger partial charge in [0.15, 0.2) is 5.69 Å². The molecule has 1 aromatic heterocycles. The molecule has 2 amide bonds. The summed E-state index contributed by atoms with van der Waals surface area (Å²) < 4.78 is 53.1. The molecule has 0 radical (unpaired) electrons. The first kappa shape index (κ1) is 40.6. The number of esters is 1. The zero-order valence-electron chi connectivity index (χ0n) is 31.3. The quantitative estimate of drug-likeness (QED) is 0.0796. The van der Waals surface area contributed by atoms with Gasteiger partial charge in [-0.25, -0.2) is 19.6 Å². The highest BCUT2D eigenvalue weighted by molar-refractivity contribution is 14.1. The highest BCUT2D eigenvalue weighted by Gasteiger charge is 2.55. The molecule has 11 nitrogen and oxygen atoms in total. The number of nitrogens with zero attached hydrogens (tertiary/aromatic N) is 3. The highest BCUT2D eigenvalue weighted by atomic mass is 127. The molecule has 2 heterocycles. The summed E-state index contributed by atoms with van der Waals surface area (Å²) in [6.45, 7) is 16.2. The van der Waals surface area contributed by atoms with Crippen LogP contribution in [0, 0.1) is 29.6 Å². The van der Waals surface area contributed by atoms with Gasteiger partial charge in [0.05, 0.1) is 31.3 Å². The number of halogens is 3. The van der Waals surface area contributed by atoms with E-state index in [2.05, 4.69) is 51.0 Å². The van der Waals surface area contributed by atoms with E-state index in [1.807, 2.05) is 26.8 Å². The molecule has 1 unspecified atom stereocenters. The van der Waals surface area contributed by atoms with Gasteiger partial charge in [-0.2, -0.15) is 8.78 Å². The fraction of sp³-hybridized carbons (Fsp3) is 0.615. The molecule has 2 saturated carbocycles. The summed E-state index contributed by atoms with van der Waals surface area (Å²) in [5.41, 5.74) is -0.322. The number of alkyl carbamates (subject to hydrolysis) is 1. The Hall–Kier alpha value is -3.56. The maximum absolute atomic E-state index is 15.3. The maximum Gasteiger partial charge on any atom is 0.408 e. The SMILES string of the molecule is C=CCC[C@@H]1C2C[C@H]2C[C@H]1OC(=O)N[C@H](C(=O)N1C[C@H](Oc2nc3cc(OC)ccc3nc2C(F)(F)C=C)[C@@H](CC)[C@H]1C(=O)OCC(C)C)C(C)(C)I. The molecule has 5 rings (SSSR count). The van der Waals surface area contributed by atoms with Gasteiger partial charge in [0.2, 0.25) is 11.8 Å². The van der Waals surface area contributed by atoms with E-state index in [0.717, 1.165) is 25.7 Å². The summed E-state index contributed by atoms with van der Waals surface area (Å²) in [5, 5.41) is 2.82. The number of allylic oxidation sites excluding steroid dienone is 2. The smallest absolute Gasteiger partial charge is 0.408 e. The number of rotatable bonds is 16. The Labute approximate surface area is 323 Å². The molecule has 290 valence electrons. The second-order valence-electron chi connectivity index (χ2n) is 15.3. The van der Waals surface area contributed by atoms with E-state index >= 15 is 8.78 Å². The average Bonchev–Trinajstić information content (AvgIpc) is 3.65. The van der Waals surface area contributed by atoms with Gasteiger partial charge < -0.3 is 29.2 Å². The third-order valence-electron chi connectivity index (χ3n) is 10.5. The lowest BCUT2D eigenvalue weighted by molar-refractivity contribution is -0.156. The van der Waals surface area contributed by atoms with Gasteiger partial charge in [0, 0.05) is 15.4 Å². The molecule has 1 aromatic carbocycles. The molecular formula is C39H51F2IN4O7. The molecule has 2 aromatic rings. The average molecular weight is 853 g/mol. The number of carbonyl (C=O) groups excluding carboxylic acids is 3. The van der Waals surface area contributed by atoms with Crippen LogP contribution in [0.25, 0.3) is 11.0 Å². The first-order chi connectivity index (χ1) is 25.0. The summed E-state index contributed by atoms with van der Waals surface area (Å²) in [6, 6.07) is 2.38. The van der Waals surface area contributed by atoms with Crippen LogP contribution in [0.4, 0.5) is 13.6 Å². The molecule has 1 saturated heterocycles. The Morgan fingerprint density at radius 1 is 1.11 bits per heavy atom. The number of methoxy groups -OCH3 is 1. The fourth-order valence-electron chi connectivity index (χ4n) is 7.68. The van der Waals surface area contributed by atoms with Crippen molar-refractivity contribution >= 4 is 51.6 Å². The lowest BCUT2D eigenvalue weighted by Gasteiger charge is -2.35. The number of ether oxygens (including phenoxy) is 4. The summed E-state index contributed by atoms with van der Waals surface area (Å²) in [6.07, 6.45) is 4.35. The summed E-state index contributed by atoms with van der Waals surface area (Å²) in [4.78, 5) is 52.0. The number of fused-ring (bicyclic) bond motifs is 2. The number of amides is 2. The van der Waals surface area contributed by atoms with Gasteiger partial charge in [-0.05, 0) is 87.8 Å². The molecule has 0 bridgehead atoms. The largest absolute Gasteiger partial charge is 0.497 e. The van der Waals surface area contributed by atoms with E-state index in [-0.39, 0.29) is 42.1 Å². The number of hydrogen-bond acceptors (Lipinski definition) is 9. The zero-order chi connectivity index (χ0) is 38.8. The number of likely N-dealkylation sites (tertiary alicyclic amines) is 1. The van der Waals surface area contributed by atoms with Crippen LogP contribution >= 0.6 is 22.6 Å². The van der Waals surface area contributed by atoms with Gasteiger partial charge in [0.1, 0.15) is 30.0 Å². The maximum atomic E-state index is 15.3. The van der Waals surface area contributed by atoms with Crippen LogP contribution < -0.4 is 14.8 Å². The Balaban J connectivity index is 1.46. The number of hydrogen-bond donors (Lipinski definition) is 1. The Morgan fingerprint density at radius 2 is 1.85 bits per heavy atom. The Bertz CT molecular complexity index is 1700. The minimum absolute atomic E-state index is 0.0135. The van der Waals surface area contributed by atoms with Crippen molar-refractivity contribution in [2.45, 2.75) is 100 Å². The molecular weight excluding hydrogens is 801 g/mol. The lowest BCUT2D eigenvalue weighted by Crippen LogP contribution is -2.59. The Morgan fingerprint density at radius 3 is 2.47 bits per heavy atom. The predicted octanol–water partition coefficient (Wildman–Crippen LogP) is 7.40. The number of aromatic nitrogens is 2. The molecule has 3 fully saturated rings. The molecule has 53 heavy (non-hydrogen) atoms. The van der Waals surface area contributed by atoms with Crippen molar-refractivity contribution in [3.05, 3.63) is 49.2 Å². The first-order valence-corrected chi connectivity index (χ1v) is 19.4. The second kappa shape index (κ2) is 16.4. The third kappa shape index (κ3) is 9.05. The molecule has 3 aliphatic rings. The van der Waals surface area contributed by atoms with Crippen LogP contribution in [-0.4, -0.2) is 80.8 Å². The van der Waals surface area contributed by atoms with Gasteiger partial charge >= 0.3 is 18.0 Å². The van der Waals surface area contributed by atoms with Gasteiger partial charge in [-0.3, -0.25) is 4.79 Å².